The van der Waals surface area contributed by atoms with Gasteiger partial charge in [-0.05, 0) is 54.3 Å². The minimum Gasteiger partial charge on any atom is -0.493 e. The molecule has 0 saturated heterocycles. The van der Waals surface area contributed by atoms with Crippen LogP contribution in [0, 0.1) is 0 Å². The molecule has 0 amide bonds. The highest BCUT2D eigenvalue weighted by Gasteiger charge is 2.38. The summed E-state index contributed by atoms with van der Waals surface area (Å²) in [6, 6.07) is 7.22. The summed E-state index contributed by atoms with van der Waals surface area (Å²) in [7, 11) is 6.27. The molecular weight excluding hydrogens is 520 g/mol. The van der Waals surface area contributed by atoms with Crippen molar-refractivity contribution in [3.05, 3.63) is 52.3 Å². The molecule has 2 atom stereocenters. The number of aldehydes is 1. The van der Waals surface area contributed by atoms with Crippen LogP contribution in [0.1, 0.15) is 117 Å². The van der Waals surface area contributed by atoms with Crippen molar-refractivity contribution in [3.63, 3.8) is 0 Å². The number of Topliss-reactive ketones (excluding diaryl/α,β-unsaturated/α-hetero) is 1. The van der Waals surface area contributed by atoms with E-state index >= 15 is 0 Å². The number of ketones is 1. The Morgan fingerprint density at radius 1 is 0.805 bits per heavy atom. The number of unbranched alkanes of at least 4 members (excludes halogenated alkanes) is 6. The van der Waals surface area contributed by atoms with E-state index in [1.807, 2.05) is 18.2 Å². The van der Waals surface area contributed by atoms with Crippen LogP contribution in [0.2, 0.25) is 0 Å². The third-order valence-electron chi connectivity index (χ3n) is 7.74. The first-order valence-corrected chi connectivity index (χ1v) is 14.8. The quantitative estimate of drug-likeness (QED) is 0.133. The molecule has 7 heteroatoms. The van der Waals surface area contributed by atoms with Gasteiger partial charge in [0.2, 0.25) is 0 Å². The summed E-state index contributed by atoms with van der Waals surface area (Å²) in [5.74, 6) is 2.15. The van der Waals surface area contributed by atoms with Crippen LogP contribution in [0.4, 0.5) is 0 Å². The molecule has 0 fully saturated rings. The molecule has 2 aromatic carbocycles. The Labute approximate surface area is 245 Å². The molecule has 0 N–H and O–H groups in total. The SMILES string of the molecule is CCCCCCC(=O)[C@H](c1cc(OC)c(OC)cc1C=O)[C@@H]1OC(CCCCCC)=Cc2cc(OC)c(OC)cc21. The molecule has 1 aliphatic rings. The van der Waals surface area contributed by atoms with Gasteiger partial charge in [-0.3, -0.25) is 9.59 Å². The number of carbonyl (C=O) groups excluding carboxylic acids is 2. The fourth-order valence-corrected chi connectivity index (χ4v) is 5.49. The van der Waals surface area contributed by atoms with Gasteiger partial charge in [-0.25, -0.2) is 0 Å². The maximum absolute atomic E-state index is 14.2. The zero-order valence-corrected chi connectivity index (χ0v) is 25.5. The molecule has 0 aromatic heterocycles. The van der Waals surface area contributed by atoms with E-state index in [1.54, 1.807) is 33.5 Å². The molecule has 0 unspecified atom stereocenters. The lowest BCUT2D eigenvalue weighted by Gasteiger charge is -2.34. The number of hydrogen-bond donors (Lipinski definition) is 0. The van der Waals surface area contributed by atoms with Crippen LogP contribution in [0.3, 0.4) is 0 Å². The number of methoxy groups -OCH3 is 4. The Hall–Kier alpha value is -3.48. The van der Waals surface area contributed by atoms with Gasteiger partial charge in [0.25, 0.3) is 0 Å². The number of hydrogen-bond acceptors (Lipinski definition) is 7. The molecule has 2 aromatic rings. The van der Waals surface area contributed by atoms with Crippen LogP contribution in [0.15, 0.2) is 30.0 Å². The van der Waals surface area contributed by atoms with Crippen molar-refractivity contribution in [2.24, 2.45) is 0 Å². The summed E-state index contributed by atoms with van der Waals surface area (Å²) >= 11 is 0. The highest BCUT2D eigenvalue weighted by Crippen LogP contribution is 2.48. The minimum absolute atomic E-state index is 0.0226. The average molecular weight is 567 g/mol. The maximum Gasteiger partial charge on any atom is 0.161 e. The highest BCUT2D eigenvalue weighted by atomic mass is 16.5. The minimum atomic E-state index is -0.743. The van der Waals surface area contributed by atoms with Crippen LogP contribution < -0.4 is 18.9 Å². The Morgan fingerprint density at radius 2 is 1.39 bits per heavy atom. The van der Waals surface area contributed by atoms with Gasteiger partial charge in [-0.15, -0.1) is 0 Å². The van der Waals surface area contributed by atoms with E-state index in [2.05, 4.69) is 13.8 Å². The molecule has 3 rings (SSSR count). The van der Waals surface area contributed by atoms with Crippen LogP contribution in [-0.2, 0) is 9.53 Å². The summed E-state index contributed by atoms with van der Waals surface area (Å²) in [5, 5.41) is 0. The first-order chi connectivity index (χ1) is 20.0. The fourth-order valence-electron chi connectivity index (χ4n) is 5.49. The molecule has 1 aliphatic heterocycles. The molecule has 7 nitrogen and oxygen atoms in total. The van der Waals surface area contributed by atoms with E-state index in [0.29, 0.717) is 40.5 Å². The van der Waals surface area contributed by atoms with Crippen molar-refractivity contribution in [1.29, 1.82) is 0 Å². The van der Waals surface area contributed by atoms with Crippen LogP contribution in [0.5, 0.6) is 23.0 Å². The molecule has 0 radical (unpaired) electrons. The Balaban J connectivity index is 2.19. The van der Waals surface area contributed by atoms with Gasteiger partial charge in [0.05, 0.1) is 40.1 Å². The van der Waals surface area contributed by atoms with E-state index in [1.165, 1.54) is 7.11 Å². The second kappa shape index (κ2) is 16.1. The average Bonchev–Trinajstić information content (AvgIpc) is 3.00. The van der Waals surface area contributed by atoms with Gasteiger partial charge in [-0.1, -0.05) is 52.4 Å². The standard InChI is InChI=1S/C34H46O7/c1-7-9-11-13-15-25-17-23-18-29(37-3)32(40-6)21-27(23)34(41-25)33(28(36)16-14-12-10-8-2)26-20-31(39-5)30(38-4)19-24(26)22-35/h17-22,33-34H,7-16H2,1-6H3/t33-,34+/m0/s1. The van der Waals surface area contributed by atoms with E-state index in [-0.39, 0.29) is 5.78 Å². The summed E-state index contributed by atoms with van der Waals surface area (Å²) in [5.41, 5.74) is 2.68. The summed E-state index contributed by atoms with van der Waals surface area (Å²) in [6.45, 7) is 4.33. The fraction of sp³-hybridized carbons (Fsp3) is 0.529. The molecule has 0 spiro atoms. The van der Waals surface area contributed by atoms with Crippen molar-refractivity contribution in [2.45, 2.75) is 90.1 Å². The van der Waals surface area contributed by atoms with E-state index in [9.17, 15) is 9.59 Å². The first kappa shape index (κ1) is 32.0. The predicted molar refractivity (Wildman–Crippen MR) is 162 cm³/mol. The zero-order valence-electron chi connectivity index (χ0n) is 25.5. The van der Waals surface area contributed by atoms with Gasteiger partial charge in [-0.2, -0.15) is 0 Å². The maximum atomic E-state index is 14.2. The third kappa shape index (κ3) is 7.84. The normalized spacial score (nSPS) is 14.8. The van der Waals surface area contributed by atoms with Crippen molar-refractivity contribution >= 4 is 18.1 Å². The van der Waals surface area contributed by atoms with Crippen LogP contribution in [-0.4, -0.2) is 40.5 Å². The van der Waals surface area contributed by atoms with Crippen LogP contribution in [0.25, 0.3) is 6.08 Å². The third-order valence-corrected chi connectivity index (χ3v) is 7.74. The molecule has 0 bridgehead atoms. The predicted octanol–water partition coefficient (Wildman–Crippen LogP) is 8.24. The summed E-state index contributed by atoms with van der Waals surface area (Å²) in [6.07, 6.45) is 11.6. The number of ether oxygens (including phenoxy) is 5. The topological polar surface area (TPSA) is 80.3 Å². The van der Waals surface area contributed by atoms with E-state index in [0.717, 1.165) is 81.0 Å². The van der Waals surface area contributed by atoms with Gasteiger partial charge in [0.1, 0.15) is 18.2 Å². The zero-order chi connectivity index (χ0) is 29.8. The first-order valence-electron chi connectivity index (χ1n) is 14.8. The largest absolute Gasteiger partial charge is 0.493 e. The van der Waals surface area contributed by atoms with Gasteiger partial charge in [0, 0.05) is 24.0 Å². The molecule has 0 saturated carbocycles. The second-order valence-corrected chi connectivity index (χ2v) is 10.5. The second-order valence-electron chi connectivity index (χ2n) is 10.5. The van der Waals surface area contributed by atoms with Crippen LogP contribution >= 0.6 is 0 Å². The lowest BCUT2D eigenvalue weighted by molar-refractivity contribution is -0.123. The molecular formula is C34H46O7. The van der Waals surface area contributed by atoms with Crippen molar-refractivity contribution in [2.75, 3.05) is 28.4 Å². The molecule has 1 heterocycles. The van der Waals surface area contributed by atoms with Crippen molar-refractivity contribution in [1.82, 2.24) is 0 Å². The van der Waals surface area contributed by atoms with Gasteiger partial charge < -0.3 is 23.7 Å². The van der Waals surface area contributed by atoms with Gasteiger partial charge in [0.15, 0.2) is 23.0 Å². The highest BCUT2D eigenvalue weighted by molar-refractivity contribution is 5.91. The number of benzene rings is 2. The lowest BCUT2D eigenvalue weighted by atomic mass is 9.79. The van der Waals surface area contributed by atoms with Gasteiger partial charge >= 0.3 is 0 Å². The Kier molecular flexibility index (Phi) is 12.6. The number of allylic oxidation sites excluding steroid dienone is 1. The summed E-state index contributed by atoms with van der Waals surface area (Å²) in [4.78, 5) is 26.6. The summed E-state index contributed by atoms with van der Waals surface area (Å²) < 4.78 is 29.0. The van der Waals surface area contributed by atoms with E-state index < -0.39 is 12.0 Å². The Morgan fingerprint density at radius 3 is 2.00 bits per heavy atom. The number of rotatable bonds is 18. The monoisotopic (exact) mass is 566 g/mol. The lowest BCUT2D eigenvalue weighted by Crippen LogP contribution is -2.26. The van der Waals surface area contributed by atoms with Crippen molar-refractivity contribution in [3.8, 4) is 23.0 Å². The Bertz CT molecular complexity index is 1200. The number of carbonyl (C=O) groups is 2. The van der Waals surface area contributed by atoms with Crippen molar-refractivity contribution < 1.29 is 33.3 Å². The smallest absolute Gasteiger partial charge is 0.161 e. The van der Waals surface area contributed by atoms with E-state index in [4.69, 9.17) is 23.7 Å². The molecule has 41 heavy (non-hydrogen) atoms. The molecule has 0 aliphatic carbocycles. The molecule has 224 valence electrons. The number of fused-ring (bicyclic) bond motifs is 1.